The summed E-state index contributed by atoms with van der Waals surface area (Å²) in [6, 6.07) is 5.25. The van der Waals surface area contributed by atoms with Crippen LogP contribution in [0.1, 0.15) is 75.2 Å². The maximum Gasteiger partial charge on any atom is 0.335 e. The number of anilines is 1. The van der Waals surface area contributed by atoms with Gasteiger partial charge in [-0.15, -0.1) is 0 Å². The van der Waals surface area contributed by atoms with Crippen LogP contribution in [-0.4, -0.2) is 22.7 Å². The number of hydrogen-bond acceptors (Lipinski definition) is 3. The molecule has 0 saturated heterocycles. The number of rotatable bonds is 3. The number of nitrogens with zero attached hydrogens (tertiary/aromatic N) is 2. The Hall–Kier alpha value is -2.17. The van der Waals surface area contributed by atoms with E-state index in [2.05, 4.69) is 25.9 Å². The molecule has 1 amide bonds. The first-order chi connectivity index (χ1) is 12.1. The highest BCUT2D eigenvalue weighted by atomic mass is 16.4. The number of carbonyl (C=O) groups is 2. The number of aromatic carboxylic acids is 1. The van der Waals surface area contributed by atoms with E-state index in [9.17, 15) is 14.7 Å². The van der Waals surface area contributed by atoms with Crippen molar-refractivity contribution in [1.29, 1.82) is 0 Å². The number of amides is 1. The van der Waals surface area contributed by atoms with E-state index >= 15 is 0 Å². The highest BCUT2D eigenvalue weighted by Gasteiger charge is 2.61. The van der Waals surface area contributed by atoms with Crippen molar-refractivity contribution in [2.24, 2.45) is 21.8 Å². The number of benzene rings is 1. The van der Waals surface area contributed by atoms with Gasteiger partial charge in [0.05, 0.1) is 17.7 Å². The van der Waals surface area contributed by atoms with E-state index in [1.54, 1.807) is 12.1 Å². The van der Waals surface area contributed by atoms with Gasteiger partial charge < -0.3 is 5.11 Å². The van der Waals surface area contributed by atoms with Crippen molar-refractivity contribution in [3.63, 3.8) is 0 Å². The predicted molar refractivity (Wildman–Crippen MR) is 101 cm³/mol. The van der Waals surface area contributed by atoms with Crippen LogP contribution in [0.25, 0.3) is 0 Å². The molecule has 5 heteroatoms. The van der Waals surface area contributed by atoms with Crippen LogP contribution in [-0.2, 0) is 4.79 Å². The number of hydrogen-bond donors (Lipinski definition) is 1. The Balaban J connectivity index is 1.82. The molecular formula is C21H26N2O3. The van der Waals surface area contributed by atoms with Gasteiger partial charge >= 0.3 is 5.97 Å². The highest BCUT2D eigenvalue weighted by Crippen LogP contribution is 2.71. The first kappa shape index (κ1) is 17.3. The van der Waals surface area contributed by atoms with Crippen molar-refractivity contribution < 1.29 is 14.7 Å². The Labute approximate surface area is 154 Å². The van der Waals surface area contributed by atoms with E-state index in [1.807, 2.05) is 13.0 Å². The molecule has 0 aromatic heterocycles. The third kappa shape index (κ3) is 2.19. The van der Waals surface area contributed by atoms with E-state index in [1.165, 1.54) is 11.4 Å². The zero-order valence-corrected chi connectivity index (χ0v) is 15.9. The Kier molecular flexibility index (Phi) is 3.59. The largest absolute Gasteiger partial charge is 0.478 e. The molecule has 26 heavy (non-hydrogen) atoms. The second-order valence-corrected chi connectivity index (χ2v) is 8.96. The first-order valence-corrected chi connectivity index (χ1v) is 9.39. The van der Waals surface area contributed by atoms with Gasteiger partial charge in [-0.25, -0.2) is 9.80 Å². The van der Waals surface area contributed by atoms with Crippen LogP contribution < -0.4 is 5.01 Å². The van der Waals surface area contributed by atoms with Crippen molar-refractivity contribution in [3.05, 3.63) is 29.3 Å². The molecule has 0 spiro atoms. The molecule has 1 aromatic rings. The van der Waals surface area contributed by atoms with Gasteiger partial charge in [0.25, 0.3) is 5.91 Å². The standard InChI is InChI=1S/C21H26N2O3/c1-12-9-18(24)23(22-12)14-5-6-15(19(25)26)16(11-14)17-10-13-7-8-21(17,4)20(13,2)3/h5-6,11,13,17H,7-10H2,1-4H3,(H,25,26)/t13?,17-,21?/m0/s1. The minimum atomic E-state index is -0.900. The number of carboxylic acid groups (broad SMARTS) is 1. The summed E-state index contributed by atoms with van der Waals surface area (Å²) in [6.45, 7) is 8.80. The summed E-state index contributed by atoms with van der Waals surface area (Å²) >= 11 is 0. The molecule has 0 radical (unpaired) electrons. The molecule has 5 nitrogen and oxygen atoms in total. The van der Waals surface area contributed by atoms with Crippen LogP contribution in [0.15, 0.2) is 23.3 Å². The van der Waals surface area contributed by atoms with Gasteiger partial charge in [-0.05, 0) is 72.6 Å². The Morgan fingerprint density at radius 1 is 1.31 bits per heavy atom. The van der Waals surface area contributed by atoms with E-state index in [-0.39, 0.29) is 22.7 Å². The van der Waals surface area contributed by atoms with Gasteiger partial charge in [-0.1, -0.05) is 20.8 Å². The van der Waals surface area contributed by atoms with Crippen molar-refractivity contribution in [2.75, 3.05) is 5.01 Å². The number of carboxylic acids is 1. The normalized spacial score (nSPS) is 32.2. The molecule has 2 saturated carbocycles. The van der Waals surface area contributed by atoms with Crippen LogP contribution in [0.2, 0.25) is 0 Å². The summed E-state index contributed by atoms with van der Waals surface area (Å²) in [6.07, 6.45) is 3.68. The maximum atomic E-state index is 12.2. The predicted octanol–water partition coefficient (Wildman–Crippen LogP) is 4.43. The van der Waals surface area contributed by atoms with Crippen LogP contribution in [0, 0.1) is 16.7 Å². The molecule has 138 valence electrons. The average Bonchev–Trinajstić information content (AvgIpc) is 3.09. The summed E-state index contributed by atoms with van der Waals surface area (Å²) < 4.78 is 0. The summed E-state index contributed by atoms with van der Waals surface area (Å²) in [5.74, 6) is -0.138. The fourth-order valence-corrected chi connectivity index (χ4v) is 5.60. The fourth-order valence-electron chi connectivity index (χ4n) is 5.60. The van der Waals surface area contributed by atoms with Crippen molar-refractivity contribution in [2.45, 2.75) is 59.3 Å². The molecule has 3 atom stereocenters. The lowest BCUT2D eigenvalue weighted by molar-refractivity contribution is -0.116. The molecule has 1 aliphatic heterocycles. The van der Waals surface area contributed by atoms with Gasteiger partial charge in [-0.2, -0.15) is 5.10 Å². The van der Waals surface area contributed by atoms with E-state index < -0.39 is 5.97 Å². The number of carbonyl (C=O) groups excluding carboxylic acids is 1. The summed E-state index contributed by atoms with van der Waals surface area (Å²) in [5.41, 5.74) is 2.95. The SMILES string of the molecule is CC1=NN(c2ccc(C(=O)O)c([C@@H]3CC4CCC3(C)C4(C)C)c2)C(=O)C1. The molecule has 1 N–H and O–H groups in total. The van der Waals surface area contributed by atoms with Crippen molar-refractivity contribution >= 4 is 23.3 Å². The van der Waals surface area contributed by atoms with Crippen LogP contribution in [0.3, 0.4) is 0 Å². The van der Waals surface area contributed by atoms with E-state index in [0.29, 0.717) is 23.6 Å². The second-order valence-electron chi connectivity index (χ2n) is 8.96. The molecule has 2 unspecified atom stereocenters. The van der Waals surface area contributed by atoms with Crippen LogP contribution in [0.4, 0.5) is 5.69 Å². The lowest BCUT2D eigenvalue weighted by Crippen LogP contribution is -2.32. The third-order valence-electron chi connectivity index (χ3n) is 7.59. The molecule has 2 bridgehead atoms. The molecule has 4 rings (SSSR count). The first-order valence-electron chi connectivity index (χ1n) is 9.39. The lowest BCUT2D eigenvalue weighted by atomic mass is 9.64. The minimum absolute atomic E-state index is 0.0593. The van der Waals surface area contributed by atoms with Gasteiger partial charge in [0.1, 0.15) is 0 Å². The lowest BCUT2D eigenvalue weighted by Gasteiger charge is -2.40. The van der Waals surface area contributed by atoms with Gasteiger partial charge in [0.15, 0.2) is 0 Å². The topological polar surface area (TPSA) is 70.0 Å². The summed E-state index contributed by atoms with van der Waals surface area (Å²) in [5, 5.41) is 15.5. The Morgan fingerprint density at radius 2 is 2.04 bits per heavy atom. The molecule has 2 aliphatic carbocycles. The fraction of sp³-hybridized carbons (Fsp3) is 0.571. The Bertz CT molecular complexity index is 842. The zero-order chi connectivity index (χ0) is 18.9. The smallest absolute Gasteiger partial charge is 0.335 e. The van der Waals surface area contributed by atoms with Crippen molar-refractivity contribution in [3.8, 4) is 0 Å². The summed E-state index contributed by atoms with van der Waals surface area (Å²) in [4.78, 5) is 24.1. The maximum absolute atomic E-state index is 12.2. The number of hydrazone groups is 1. The molecule has 1 heterocycles. The molecular weight excluding hydrogens is 328 g/mol. The Morgan fingerprint density at radius 3 is 2.54 bits per heavy atom. The van der Waals surface area contributed by atoms with Crippen LogP contribution >= 0.6 is 0 Å². The van der Waals surface area contributed by atoms with Gasteiger partial charge in [0.2, 0.25) is 0 Å². The van der Waals surface area contributed by atoms with E-state index in [4.69, 9.17) is 0 Å². The highest BCUT2D eigenvalue weighted by molar-refractivity contribution is 6.12. The average molecular weight is 354 g/mol. The zero-order valence-electron chi connectivity index (χ0n) is 15.9. The monoisotopic (exact) mass is 354 g/mol. The van der Waals surface area contributed by atoms with Gasteiger partial charge in [-0.3, -0.25) is 4.79 Å². The molecule has 1 aromatic carbocycles. The third-order valence-corrected chi connectivity index (χ3v) is 7.59. The van der Waals surface area contributed by atoms with Gasteiger partial charge in [0, 0.05) is 5.71 Å². The molecule has 2 fully saturated rings. The van der Waals surface area contributed by atoms with Crippen molar-refractivity contribution in [1.82, 2.24) is 0 Å². The summed E-state index contributed by atoms with van der Waals surface area (Å²) in [7, 11) is 0. The quantitative estimate of drug-likeness (QED) is 0.873. The minimum Gasteiger partial charge on any atom is -0.478 e. The second kappa shape index (κ2) is 5.41. The van der Waals surface area contributed by atoms with Crippen LogP contribution in [0.5, 0.6) is 0 Å². The molecule has 3 aliphatic rings. The number of fused-ring (bicyclic) bond motifs is 2. The van der Waals surface area contributed by atoms with E-state index in [0.717, 1.165) is 24.1 Å².